The Hall–Kier alpha value is -2.11. The van der Waals surface area contributed by atoms with Crippen LogP contribution in [0.25, 0.3) is 0 Å². The van der Waals surface area contributed by atoms with Crippen molar-refractivity contribution in [1.29, 1.82) is 0 Å². The van der Waals surface area contributed by atoms with Gasteiger partial charge in [0.2, 0.25) is 0 Å². The van der Waals surface area contributed by atoms with E-state index in [1.54, 1.807) is 13.2 Å². The molecule has 0 saturated carbocycles. The molecule has 0 spiro atoms. The molecule has 2 N–H and O–H groups in total. The largest absolute Gasteiger partial charge is 0.497 e. The molecule has 3 atom stereocenters. The fourth-order valence-corrected chi connectivity index (χ4v) is 2.62. The molecule has 4 nitrogen and oxygen atoms in total. The highest BCUT2D eigenvalue weighted by Gasteiger charge is 2.19. The molecule has 24 heavy (non-hydrogen) atoms. The molecule has 130 valence electrons. The van der Waals surface area contributed by atoms with Crippen molar-refractivity contribution in [2.45, 2.75) is 32.0 Å². The summed E-state index contributed by atoms with van der Waals surface area (Å²) in [5.74, 6) is 0.568. The second-order valence-electron chi connectivity index (χ2n) is 5.79. The summed E-state index contributed by atoms with van der Waals surface area (Å²) in [4.78, 5) is 0. The molecule has 0 aliphatic rings. The molecule has 0 heterocycles. The molecule has 0 bridgehead atoms. The number of aliphatic hydroxyl groups excluding tert-OH is 1. The van der Waals surface area contributed by atoms with Crippen molar-refractivity contribution in [3.63, 3.8) is 0 Å². The van der Waals surface area contributed by atoms with Crippen LogP contribution in [0.3, 0.4) is 0 Å². The van der Waals surface area contributed by atoms with Crippen LogP contribution in [-0.2, 0) is 0 Å². The standard InChI is InChI=1S/C19H24FNO3/c1-12(15-7-10-18(24-4)17(20)11-15)21-13(2)19(22)14-5-8-16(23-3)9-6-14/h5-13,19,21-22H,1-4H3. The molecule has 0 saturated heterocycles. The Labute approximate surface area is 142 Å². The highest BCUT2D eigenvalue weighted by Crippen LogP contribution is 2.25. The van der Waals surface area contributed by atoms with Crippen LogP contribution in [0.4, 0.5) is 4.39 Å². The third kappa shape index (κ3) is 4.24. The number of hydrogen-bond donors (Lipinski definition) is 2. The lowest BCUT2D eigenvalue weighted by molar-refractivity contribution is 0.130. The minimum Gasteiger partial charge on any atom is -0.497 e. The molecule has 0 fully saturated rings. The second-order valence-corrected chi connectivity index (χ2v) is 5.79. The Balaban J connectivity index is 2.04. The molecule has 2 rings (SSSR count). The van der Waals surface area contributed by atoms with E-state index in [1.807, 2.05) is 44.2 Å². The maximum atomic E-state index is 13.8. The van der Waals surface area contributed by atoms with E-state index in [-0.39, 0.29) is 17.8 Å². The minimum atomic E-state index is -0.679. The van der Waals surface area contributed by atoms with Gasteiger partial charge < -0.3 is 19.9 Å². The number of hydrogen-bond acceptors (Lipinski definition) is 4. The molecule has 3 unspecified atom stereocenters. The predicted octanol–water partition coefficient (Wildman–Crippen LogP) is 3.62. The van der Waals surface area contributed by atoms with Crippen LogP contribution < -0.4 is 14.8 Å². The summed E-state index contributed by atoms with van der Waals surface area (Å²) >= 11 is 0. The molecule has 0 radical (unpaired) electrons. The highest BCUT2D eigenvalue weighted by atomic mass is 19.1. The third-order valence-electron chi connectivity index (χ3n) is 4.12. The SMILES string of the molecule is COc1ccc(C(O)C(C)NC(C)c2ccc(OC)c(F)c2)cc1. The molecule has 2 aromatic rings. The fourth-order valence-electron chi connectivity index (χ4n) is 2.62. The number of ether oxygens (including phenoxy) is 2. The summed E-state index contributed by atoms with van der Waals surface area (Å²) in [6.07, 6.45) is -0.679. The summed E-state index contributed by atoms with van der Waals surface area (Å²) in [5.41, 5.74) is 1.59. The van der Waals surface area contributed by atoms with Gasteiger partial charge in [0.25, 0.3) is 0 Å². The van der Waals surface area contributed by atoms with Crippen molar-refractivity contribution in [2.24, 2.45) is 0 Å². The van der Waals surface area contributed by atoms with Crippen LogP contribution in [0.5, 0.6) is 11.5 Å². The van der Waals surface area contributed by atoms with Crippen molar-refractivity contribution in [1.82, 2.24) is 5.32 Å². The van der Waals surface area contributed by atoms with Gasteiger partial charge in [0.15, 0.2) is 11.6 Å². The zero-order valence-corrected chi connectivity index (χ0v) is 14.4. The van der Waals surface area contributed by atoms with Crippen molar-refractivity contribution < 1.29 is 19.0 Å². The summed E-state index contributed by atoms with van der Waals surface area (Å²) in [5, 5.41) is 13.8. The number of benzene rings is 2. The molecule has 0 aromatic heterocycles. The van der Waals surface area contributed by atoms with Crippen LogP contribution in [0.2, 0.25) is 0 Å². The fraction of sp³-hybridized carbons (Fsp3) is 0.368. The first-order valence-corrected chi connectivity index (χ1v) is 7.87. The number of halogens is 1. The van der Waals surface area contributed by atoms with E-state index in [0.717, 1.165) is 16.9 Å². The average molecular weight is 333 g/mol. The van der Waals surface area contributed by atoms with Gasteiger partial charge in [-0.2, -0.15) is 0 Å². The Morgan fingerprint density at radius 3 is 2.12 bits per heavy atom. The van der Waals surface area contributed by atoms with Crippen LogP contribution in [0.15, 0.2) is 42.5 Å². The molecule has 5 heteroatoms. The Morgan fingerprint density at radius 2 is 1.58 bits per heavy atom. The minimum absolute atomic E-state index is 0.117. The first kappa shape index (κ1) is 18.2. The third-order valence-corrected chi connectivity index (χ3v) is 4.12. The lowest BCUT2D eigenvalue weighted by Gasteiger charge is -2.25. The van der Waals surface area contributed by atoms with E-state index < -0.39 is 11.9 Å². The summed E-state index contributed by atoms with van der Waals surface area (Å²) in [6, 6.07) is 11.8. The number of nitrogens with one attached hydrogen (secondary N) is 1. The monoisotopic (exact) mass is 333 g/mol. The summed E-state index contributed by atoms with van der Waals surface area (Å²) < 4.78 is 23.9. The van der Waals surface area contributed by atoms with Crippen molar-refractivity contribution in [2.75, 3.05) is 14.2 Å². The maximum absolute atomic E-state index is 13.8. The van der Waals surface area contributed by atoms with Crippen LogP contribution in [0, 0.1) is 5.82 Å². The molecular weight excluding hydrogens is 309 g/mol. The quantitative estimate of drug-likeness (QED) is 0.813. The smallest absolute Gasteiger partial charge is 0.165 e. The first-order chi connectivity index (χ1) is 11.5. The summed E-state index contributed by atoms with van der Waals surface area (Å²) in [7, 11) is 3.04. The second kappa shape index (κ2) is 8.13. The van der Waals surface area contributed by atoms with Gasteiger partial charge in [0.1, 0.15) is 5.75 Å². The normalized spacial score (nSPS) is 14.8. The van der Waals surface area contributed by atoms with E-state index in [1.165, 1.54) is 13.2 Å². The number of aliphatic hydroxyl groups is 1. The zero-order chi connectivity index (χ0) is 17.7. The van der Waals surface area contributed by atoms with Crippen molar-refractivity contribution in [3.8, 4) is 11.5 Å². The molecule has 2 aromatic carbocycles. The molecule has 0 amide bonds. The number of methoxy groups -OCH3 is 2. The van der Waals surface area contributed by atoms with Crippen molar-refractivity contribution in [3.05, 3.63) is 59.4 Å². The van der Waals surface area contributed by atoms with E-state index in [0.29, 0.717) is 0 Å². The lowest BCUT2D eigenvalue weighted by atomic mass is 10.0. The predicted molar refractivity (Wildman–Crippen MR) is 91.9 cm³/mol. The summed E-state index contributed by atoms with van der Waals surface area (Å²) in [6.45, 7) is 3.82. The van der Waals surface area contributed by atoms with E-state index in [2.05, 4.69) is 5.32 Å². The average Bonchev–Trinajstić information content (AvgIpc) is 2.60. The van der Waals surface area contributed by atoms with E-state index in [9.17, 15) is 9.50 Å². The molecule has 0 aliphatic carbocycles. The molecule has 0 aliphatic heterocycles. The van der Waals surface area contributed by atoms with Crippen LogP contribution in [-0.4, -0.2) is 25.4 Å². The number of rotatable bonds is 7. The highest BCUT2D eigenvalue weighted by molar-refractivity contribution is 5.31. The van der Waals surface area contributed by atoms with Gasteiger partial charge in [0.05, 0.1) is 20.3 Å². The van der Waals surface area contributed by atoms with Gasteiger partial charge in [-0.25, -0.2) is 4.39 Å². The Bertz CT molecular complexity index is 660. The van der Waals surface area contributed by atoms with Crippen LogP contribution in [0.1, 0.15) is 37.1 Å². The maximum Gasteiger partial charge on any atom is 0.165 e. The van der Waals surface area contributed by atoms with E-state index >= 15 is 0 Å². The molecular formula is C19H24FNO3. The van der Waals surface area contributed by atoms with Gasteiger partial charge >= 0.3 is 0 Å². The van der Waals surface area contributed by atoms with Gasteiger partial charge in [-0.1, -0.05) is 18.2 Å². The van der Waals surface area contributed by atoms with Gasteiger partial charge in [-0.15, -0.1) is 0 Å². The Morgan fingerprint density at radius 1 is 0.958 bits per heavy atom. The van der Waals surface area contributed by atoms with E-state index in [4.69, 9.17) is 9.47 Å². The topological polar surface area (TPSA) is 50.7 Å². The van der Waals surface area contributed by atoms with Crippen molar-refractivity contribution >= 4 is 0 Å². The van der Waals surface area contributed by atoms with Gasteiger partial charge in [-0.3, -0.25) is 0 Å². The van der Waals surface area contributed by atoms with Gasteiger partial charge in [0, 0.05) is 12.1 Å². The zero-order valence-electron chi connectivity index (χ0n) is 14.4. The van der Waals surface area contributed by atoms with Crippen LogP contribution >= 0.6 is 0 Å². The van der Waals surface area contributed by atoms with Gasteiger partial charge in [-0.05, 0) is 49.2 Å². The first-order valence-electron chi connectivity index (χ1n) is 7.87. The Kier molecular flexibility index (Phi) is 6.17. The lowest BCUT2D eigenvalue weighted by Crippen LogP contribution is -2.34.